The molecule has 0 heterocycles. The zero-order chi connectivity index (χ0) is 15.3. The van der Waals surface area contributed by atoms with Crippen LogP contribution in [0.4, 0.5) is 0 Å². The predicted molar refractivity (Wildman–Crippen MR) is 84.5 cm³/mol. The number of nitrogens with one attached hydrogen (secondary N) is 1. The van der Waals surface area contributed by atoms with Gasteiger partial charge in [0, 0.05) is 18.5 Å². The summed E-state index contributed by atoms with van der Waals surface area (Å²) in [6, 6.07) is 8.28. The second-order valence-electron chi connectivity index (χ2n) is 6.78. The maximum atomic E-state index is 12.0. The molecule has 0 saturated heterocycles. The zero-order valence-corrected chi connectivity index (χ0v) is 13.4. The summed E-state index contributed by atoms with van der Waals surface area (Å²) in [6.45, 7) is 10.3. The highest BCUT2D eigenvalue weighted by Gasteiger charge is 2.23. The molecule has 0 fully saturated rings. The molecule has 0 aliphatic rings. The van der Waals surface area contributed by atoms with E-state index in [9.17, 15) is 4.79 Å². The lowest BCUT2D eigenvalue weighted by Gasteiger charge is -2.27. The van der Waals surface area contributed by atoms with Crippen LogP contribution in [0, 0.1) is 12.3 Å². The molecular formula is C17H28N2O. The highest BCUT2D eigenvalue weighted by atomic mass is 16.1. The van der Waals surface area contributed by atoms with Crippen LogP contribution in [0.3, 0.4) is 0 Å². The van der Waals surface area contributed by atoms with Gasteiger partial charge in [0.25, 0.3) is 0 Å². The van der Waals surface area contributed by atoms with Gasteiger partial charge in [0.1, 0.15) is 0 Å². The van der Waals surface area contributed by atoms with E-state index in [1.54, 1.807) is 0 Å². The van der Waals surface area contributed by atoms with Crippen molar-refractivity contribution in [1.29, 1.82) is 0 Å². The van der Waals surface area contributed by atoms with E-state index in [2.05, 4.69) is 45.1 Å². The monoisotopic (exact) mass is 276 g/mol. The Hall–Kier alpha value is -1.35. The molecule has 2 atom stereocenters. The first-order chi connectivity index (χ1) is 9.20. The van der Waals surface area contributed by atoms with Crippen LogP contribution in [0.2, 0.25) is 0 Å². The van der Waals surface area contributed by atoms with Crippen LogP contribution >= 0.6 is 0 Å². The standard InChI is InChI=1S/C17H28N2O/c1-12-8-6-7-9-14(12)10-13(2)19-16(20)11-15(18)17(3,4)5/h6-9,13,15H,10-11,18H2,1-5H3,(H,19,20). The summed E-state index contributed by atoms with van der Waals surface area (Å²) in [6.07, 6.45) is 1.23. The Labute approximate surface area is 122 Å². The fourth-order valence-corrected chi connectivity index (χ4v) is 2.06. The van der Waals surface area contributed by atoms with E-state index < -0.39 is 0 Å². The zero-order valence-electron chi connectivity index (χ0n) is 13.4. The van der Waals surface area contributed by atoms with Gasteiger partial charge in [-0.25, -0.2) is 0 Å². The number of aryl methyl sites for hydroxylation is 1. The molecule has 3 N–H and O–H groups in total. The van der Waals surface area contributed by atoms with E-state index in [0.29, 0.717) is 6.42 Å². The third-order valence-corrected chi connectivity index (χ3v) is 3.71. The second-order valence-corrected chi connectivity index (χ2v) is 6.78. The summed E-state index contributed by atoms with van der Waals surface area (Å²) >= 11 is 0. The van der Waals surface area contributed by atoms with Crippen LogP contribution in [0.5, 0.6) is 0 Å². The molecular weight excluding hydrogens is 248 g/mol. The lowest BCUT2D eigenvalue weighted by molar-refractivity contribution is -0.122. The Kier molecular flexibility index (Phi) is 5.75. The van der Waals surface area contributed by atoms with Crippen molar-refractivity contribution < 1.29 is 4.79 Å². The third kappa shape index (κ3) is 5.33. The van der Waals surface area contributed by atoms with Gasteiger partial charge in [0.2, 0.25) is 5.91 Å². The van der Waals surface area contributed by atoms with E-state index in [1.807, 2.05) is 19.1 Å². The minimum absolute atomic E-state index is 0.0357. The molecule has 0 spiro atoms. The van der Waals surface area contributed by atoms with Crippen LogP contribution in [-0.2, 0) is 11.2 Å². The van der Waals surface area contributed by atoms with Crippen molar-refractivity contribution in [2.45, 2.75) is 59.5 Å². The van der Waals surface area contributed by atoms with Gasteiger partial charge in [0.15, 0.2) is 0 Å². The lowest BCUT2D eigenvalue weighted by Crippen LogP contribution is -2.42. The summed E-state index contributed by atoms with van der Waals surface area (Å²) in [4.78, 5) is 12.0. The Morgan fingerprint density at radius 3 is 2.45 bits per heavy atom. The van der Waals surface area contributed by atoms with Crippen molar-refractivity contribution in [3.63, 3.8) is 0 Å². The Bertz CT molecular complexity index is 449. The van der Waals surface area contributed by atoms with Crippen LogP contribution in [0.15, 0.2) is 24.3 Å². The Morgan fingerprint density at radius 1 is 1.30 bits per heavy atom. The number of rotatable bonds is 5. The van der Waals surface area contributed by atoms with Crippen molar-refractivity contribution in [3.05, 3.63) is 35.4 Å². The highest BCUT2D eigenvalue weighted by molar-refractivity contribution is 5.77. The second kappa shape index (κ2) is 6.89. The largest absolute Gasteiger partial charge is 0.353 e. The summed E-state index contributed by atoms with van der Waals surface area (Å²) in [5, 5.41) is 3.04. The van der Waals surface area contributed by atoms with Crippen molar-refractivity contribution in [2.75, 3.05) is 0 Å². The first kappa shape index (κ1) is 16.7. The third-order valence-electron chi connectivity index (χ3n) is 3.71. The fourth-order valence-electron chi connectivity index (χ4n) is 2.06. The van der Waals surface area contributed by atoms with E-state index in [-0.39, 0.29) is 23.4 Å². The average Bonchev–Trinajstić information content (AvgIpc) is 2.30. The van der Waals surface area contributed by atoms with Gasteiger partial charge in [-0.05, 0) is 36.8 Å². The number of nitrogens with two attached hydrogens (primary N) is 1. The molecule has 1 aromatic carbocycles. The molecule has 3 heteroatoms. The lowest BCUT2D eigenvalue weighted by atomic mass is 9.85. The minimum atomic E-state index is -0.117. The molecule has 0 radical (unpaired) electrons. The topological polar surface area (TPSA) is 55.1 Å². The maximum Gasteiger partial charge on any atom is 0.221 e. The molecule has 0 bridgehead atoms. The van der Waals surface area contributed by atoms with Gasteiger partial charge in [-0.3, -0.25) is 4.79 Å². The molecule has 1 aromatic rings. The van der Waals surface area contributed by atoms with Crippen LogP contribution in [0.25, 0.3) is 0 Å². The predicted octanol–water partition coefficient (Wildman–Crippen LogP) is 2.81. The fraction of sp³-hybridized carbons (Fsp3) is 0.588. The maximum absolute atomic E-state index is 12.0. The Morgan fingerprint density at radius 2 is 1.90 bits per heavy atom. The number of hydrogen-bond donors (Lipinski definition) is 2. The molecule has 0 aliphatic carbocycles. The van der Waals surface area contributed by atoms with Gasteiger partial charge < -0.3 is 11.1 Å². The van der Waals surface area contributed by atoms with Crippen LogP contribution in [-0.4, -0.2) is 18.0 Å². The van der Waals surface area contributed by atoms with Gasteiger partial charge in [-0.1, -0.05) is 45.0 Å². The first-order valence-electron chi connectivity index (χ1n) is 7.29. The molecule has 0 saturated carbocycles. The SMILES string of the molecule is Cc1ccccc1CC(C)NC(=O)CC(N)C(C)(C)C. The molecule has 0 aromatic heterocycles. The van der Waals surface area contributed by atoms with Gasteiger partial charge >= 0.3 is 0 Å². The van der Waals surface area contributed by atoms with Gasteiger partial charge in [0.05, 0.1) is 0 Å². The number of hydrogen-bond acceptors (Lipinski definition) is 2. The normalized spacial score (nSPS) is 14.7. The molecule has 20 heavy (non-hydrogen) atoms. The number of carbonyl (C=O) groups excluding carboxylic acids is 1. The molecule has 1 rings (SSSR count). The van der Waals surface area contributed by atoms with Crippen molar-refractivity contribution in [3.8, 4) is 0 Å². The minimum Gasteiger partial charge on any atom is -0.353 e. The first-order valence-corrected chi connectivity index (χ1v) is 7.29. The summed E-state index contributed by atoms with van der Waals surface area (Å²) < 4.78 is 0. The molecule has 0 aliphatic heterocycles. The van der Waals surface area contributed by atoms with E-state index >= 15 is 0 Å². The van der Waals surface area contributed by atoms with E-state index in [4.69, 9.17) is 5.73 Å². The van der Waals surface area contributed by atoms with Crippen LogP contribution in [0.1, 0.15) is 45.2 Å². The molecule has 3 nitrogen and oxygen atoms in total. The smallest absolute Gasteiger partial charge is 0.221 e. The van der Waals surface area contributed by atoms with Crippen LogP contribution < -0.4 is 11.1 Å². The van der Waals surface area contributed by atoms with Crippen molar-refractivity contribution >= 4 is 5.91 Å². The number of benzene rings is 1. The molecule has 1 amide bonds. The average molecular weight is 276 g/mol. The molecule has 2 unspecified atom stereocenters. The summed E-state index contributed by atoms with van der Waals surface area (Å²) in [5.41, 5.74) is 8.54. The molecule has 112 valence electrons. The summed E-state index contributed by atoms with van der Waals surface area (Å²) in [5.74, 6) is 0.0357. The quantitative estimate of drug-likeness (QED) is 0.869. The highest BCUT2D eigenvalue weighted by Crippen LogP contribution is 2.19. The van der Waals surface area contributed by atoms with Crippen molar-refractivity contribution in [1.82, 2.24) is 5.32 Å². The van der Waals surface area contributed by atoms with Gasteiger partial charge in [-0.15, -0.1) is 0 Å². The van der Waals surface area contributed by atoms with E-state index in [0.717, 1.165) is 6.42 Å². The van der Waals surface area contributed by atoms with Gasteiger partial charge in [-0.2, -0.15) is 0 Å². The van der Waals surface area contributed by atoms with Crippen molar-refractivity contribution in [2.24, 2.45) is 11.1 Å². The van der Waals surface area contributed by atoms with E-state index in [1.165, 1.54) is 11.1 Å². The number of carbonyl (C=O) groups is 1. The summed E-state index contributed by atoms with van der Waals surface area (Å²) in [7, 11) is 0. The number of amides is 1. The Balaban J connectivity index is 2.49.